The lowest BCUT2D eigenvalue weighted by atomic mass is 10.2. The number of rotatable bonds is 2. The number of nitrogens with zero attached hydrogens (tertiary/aromatic N) is 2. The van der Waals surface area contributed by atoms with Crippen LogP contribution in [0, 0.1) is 5.82 Å². The van der Waals surface area contributed by atoms with Gasteiger partial charge in [0.1, 0.15) is 10.8 Å². The second kappa shape index (κ2) is 4.31. The fraction of sp³-hybridized carbons (Fsp3) is 0.100. The maximum atomic E-state index is 13.5. The Morgan fingerprint density at radius 2 is 2.12 bits per heavy atom. The molecule has 0 radical (unpaired) electrons. The van der Waals surface area contributed by atoms with Gasteiger partial charge in [-0.3, -0.25) is 4.68 Å². The van der Waals surface area contributed by atoms with Crippen LogP contribution in [0.3, 0.4) is 0 Å². The highest BCUT2D eigenvalue weighted by Crippen LogP contribution is 2.19. The van der Waals surface area contributed by atoms with Gasteiger partial charge in [-0.15, -0.1) is 0 Å². The zero-order valence-electron chi connectivity index (χ0n) is 8.12. The summed E-state index contributed by atoms with van der Waals surface area (Å²) in [5.74, 6) is -0.145. The van der Waals surface area contributed by atoms with Crippen LogP contribution in [-0.4, -0.2) is 9.78 Å². The molecule has 16 heavy (non-hydrogen) atoms. The monoisotopic (exact) mass is 259 g/mol. The van der Waals surface area contributed by atoms with Crippen molar-refractivity contribution in [1.29, 1.82) is 0 Å². The van der Waals surface area contributed by atoms with Crippen molar-refractivity contribution in [2.75, 3.05) is 5.73 Å². The number of nitrogen functional groups attached to an aromatic ring is 1. The van der Waals surface area contributed by atoms with E-state index in [2.05, 4.69) is 5.10 Å². The van der Waals surface area contributed by atoms with Crippen molar-refractivity contribution >= 4 is 29.0 Å². The molecule has 0 spiro atoms. The molecule has 0 bridgehead atoms. The van der Waals surface area contributed by atoms with E-state index in [9.17, 15) is 4.39 Å². The van der Waals surface area contributed by atoms with Gasteiger partial charge in [-0.1, -0.05) is 29.3 Å². The molecule has 3 nitrogen and oxygen atoms in total. The van der Waals surface area contributed by atoms with Gasteiger partial charge in [0.2, 0.25) is 0 Å². The highest BCUT2D eigenvalue weighted by atomic mass is 35.5. The molecule has 2 aromatic rings. The molecule has 0 saturated carbocycles. The normalized spacial score (nSPS) is 10.7. The summed E-state index contributed by atoms with van der Waals surface area (Å²) in [4.78, 5) is 0. The zero-order valence-corrected chi connectivity index (χ0v) is 9.63. The molecule has 0 aliphatic heterocycles. The van der Waals surface area contributed by atoms with Crippen molar-refractivity contribution < 1.29 is 4.39 Å². The van der Waals surface area contributed by atoms with E-state index in [4.69, 9.17) is 28.9 Å². The van der Waals surface area contributed by atoms with E-state index in [1.165, 1.54) is 10.7 Å². The SMILES string of the molecule is Nc1nn(Cc2ccc(Cl)cc2F)cc1Cl. The Kier molecular flexibility index (Phi) is 3.03. The van der Waals surface area contributed by atoms with E-state index in [-0.39, 0.29) is 18.2 Å². The molecule has 6 heteroatoms. The lowest BCUT2D eigenvalue weighted by molar-refractivity contribution is 0.586. The molecule has 0 amide bonds. The highest BCUT2D eigenvalue weighted by molar-refractivity contribution is 6.32. The Morgan fingerprint density at radius 3 is 2.69 bits per heavy atom. The first-order chi connectivity index (χ1) is 7.56. The largest absolute Gasteiger partial charge is 0.381 e. The summed E-state index contributed by atoms with van der Waals surface area (Å²) >= 11 is 11.4. The van der Waals surface area contributed by atoms with Gasteiger partial charge in [-0.2, -0.15) is 5.10 Å². The second-order valence-corrected chi connectivity index (χ2v) is 4.14. The van der Waals surface area contributed by atoms with Crippen LogP contribution < -0.4 is 5.73 Å². The molecular formula is C10H8Cl2FN3. The van der Waals surface area contributed by atoms with Gasteiger partial charge in [0.25, 0.3) is 0 Å². The summed E-state index contributed by atoms with van der Waals surface area (Å²) in [6.45, 7) is 0.264. The average molecular weight is 260 g/mol. The fourth-order valence-corrected chi connectivity index (χ4v) is 1.63. The number of halogens is 3. The van der Waals surface area contributed by atoms with E-state index < -0.39 is 0 Å². The Morgan fingerprint density at radius 1 is 1.38 bits per heavy atom. The van der Waals surface area contributed by atoms with Crippen LogP contribution in [0.5, 0.6) is 0 Å². The molecular weight excluding hydrogens is 252 g/mol. The number of aromatic nitrogens is 2. The Bertz CT molecular complexity index is 505. The third-order valence-electron chi connectivity index (χ3n) is 2.09. The predicted molar refractivity (Wildman–Crippen MR) is 62.2 cm³/mol. The molecule has 2 N–H and O–H groups in total. The molecule has 0 atom stereocenters. The highest BCUT2D eigenvalue weighted by Gasteiger charge is 2.07. The molecule has 0 fully saturated rings. The van der Waals surface area contributed by atoms with Gasteiger partial charge in [0.05, 0.1) is 6.54 Å². The minimum Gasteiger partial charge on any atom is -0.381 e. The smallest absolute Gasteiger partial charge is 0.164 e. The third-order valence-corrected chi connectivity index (χ3v) is 2.62. The maximum Gasteiger partial charge on any atom is 0.164 e. The molecule has 1 aromatic carbocycles. The zero-order chi connectivity index (χ0) is 11.7. The number of anilines is 1. The number of hydrogen-bond acceptors (Lipinski definition) is 2. The Balaban J connectivity index is 2.27. The maximum absolute atomic E-state index is 13.5. The molecule has 1 aromatic heterocycles. The first-order valence-electron chi connectivity index (χ1n) is 4.48. The van der Waals surface area contributed by atoms with Crippen molar-refractivity contribution in [3.05, 3.63) is 45.8 Å². The van der Waals surface area contributed by atoms with Crippen LogP contribution in [0.2, 0.25) is 10.0 Å². The summed E-state index contributed by atoms with van der Waals surface area (Å²) in [5.41, 5.74) is 5.95. The average Bonchev–Trinajstić information content (AvgIpc) is 2.51. The molecule has 0 aliphatic rings. The molecule has 0 aliphatic carbocycles. The molecule has 1 heterocycles. The summed E-state index contributed by atoms with van der Waals surface area (Å²) in [6, 6.07) is 4.48. The quantitative estimate of drug-likeness (QED) is 0.902. The van der Waals surface area contributed by atoms with Gasteiger partial charge in [0.15, 0.2) is 5.82 Å². The number of benzene rings is 1. The topological polar surface area (TPSA) is 43.8 Å². The minimum absolute atomic E-state index is 0.232. The van der Waals surface area contributed by atoms with E-state index in [0.29, 0.717) is 15.6 Å². The van der Waals surface area contributed by atoms with Crippen molar-refractivity contribution in [1.82, 2.24) is 9.78 Å². The van der Waals surface area contributed by atoms with E-state index in [0.717, 1.165) is 0 Å². The van der Waals surface area contributed by atoms with Crippen LogP contribution in [-0.2, 0) is 6.54 Å². The molecule has 84 valence electrons. The van der Waals surface area contributed by atoms with Crippen LogP contribution in [0.15, 0.2) is 24.4 Å². The number of hydrogen-bond donors (Lipinski definition) is 1. The molecule has 0 saturated heterocycles. The fourth-order valence-electron chi connectivity index (χ4n) is 1.32. The van der Waals surface area contributed by atoms with E-state index in [1.807, 2.05) is 0 Å². The van der Waals surface area contributed by atoms with Crippen LogP contribution in [0.25, 0.3) is 0 Å². The van der Waals surface area contributed by atoms with E-state index >= 15 is 0 Å². The van der Waals surface area contributed by atoms with Crippen molar-refractivity contribution in [3.8, 4) is 0 Å². The lowest BCUT2D eigenvalue weighted by Gasteiger charge is -2.03. The molecule has 0 unspecified atom stereocenters. The van der Waals surface area contributed by atoms with Crippen LogP contribution in [0.4, 0.5) is 10.2 Å². The molecule has 2 rings (SSSR count). The van der Waals surface area contributed by atoms with Crippen LogP contribution >= 0.6 is 23.2 Å². The predicted octanol–water partition coefficient (Wildman–Crippen LogP) is 2.96. The van der Waals surface area contributed by atoms with Gasteiger partial charge >= 0.3 is 0 Å². The van der Waals surface area contributed by atoms with Gasteiger partial charge in [0, 0.05) is 16.8 Å². The summed E-state index contributed by atoms with van der Waals surface area (Å²) < 4.78 is 14.9. The Hall–Kier alpha value is -1.26. The first kappa shape index (κ1) is 11.2. The summed E-state index contributed by atoms with van der Waals surface area (Å²) in [5, 5.41) is 4.65. The number of nitrogens with two attached hydrogens (primary N) is 1. The second-order valence-electron chi connectivity index (χ2n) is 3.30. The summed E-state index contributed by atoms with van der Waals surface area (Å²) in [7, 11) is 0. The van der Waals surface area contributed by atoms with Gasteiger partial charge < -0.3 is 5.73 Å². The van der Waals surface area contributed by atoms with Crippen LogP contribution in [0.1, 0.15) is 5.56 Å². The van der Waals surface area contributed by atoms with Crippen molar-refractivity contribution in [3.63, 3.8) is 0 Å². The van der Waals surface area contributed by atoms with Crippen molar-refractivity contribution in [2.45, 2.75) is 6.54 Å². The summed E-state index contributed by atoms with van der Waals surface area (Å²) in [6.07, 6.45) is 1.55. The third kappa shape index (κ3) is 2.28. The van der Waals surface area contributed by atoms with Gasteiger partial charge in [-0.25, -0.2) is 4.39 Å². The lowest BCUT2D eigenvalue weighted by Crippen LogP contribution is -2.03. The Labute approximate surface area is 102 Å². The van der Waals surface area contributed by atoms with Gasteiger partial charge in [-0.05, 0) is 12.1 Å². The first-order valence-corrected chi connectivity index (χ1v) is 5.24. The van der Waals surface area contributed by atoms with E-state index in [1.54, 1.807) is 18.3 Å². The van der Waals surface area contributed by atoms with Crippen molar-refractivity contribution in [2.24, 2.45) is 0 Å². The standard InChI is InChI=1S/C10H8Cl2FN3/c11-7-2-1-6(9(13)3-7)4-16-5-8(12)10(14)15-16/h1-3,5H,4H2,(H2,14,15). The minimum atomic E-state index is -0.377.